The van der Waals surface area contributed by atoms with Gasteiger partial charge in [-0.1, -0.05) is 45.0 Å². The predicted octanol–water partition coefficient (Wildman–Crippen LogP) is 4.32. The Balaban J connectivity index is 2.26. The SMILES string of the molecule is CCC(C)(C)c1ccc(C(N)c2ccoc2C)cc1. The zero-order chi connectivity index (χ0) is 14.0. The van der Waals surface area contributed by atoms with E-state index >= 15 is 0 Å². The van der Waals surface area contributed by atoms with Gasteiger partial charge in [0.05, 0.1) is 12.3 Å². The van der Waals surface area contributed by atoms with Crippen molar-refractivity contribution in [2.45, 2.75) is 45.6 Å². The number of benzene rings is 1. The second-order valence-electron chi connectivity index (χ2n) is 5.77. The Morgan fingerprint density at radius 2 is 1.79 bits per heavy atom. The highest BCUT2D eigenvalue weighted by molar-refractivity contribution is 5.35. The fourth-order valence-electron chi connectivity index (χ4n) is 2.24. The first-order valence-corrected chi connectivity index (χ1v) is 6.85. The lowest BCUT2D eigenvalue weighted by atomic mass is 9.81. The van der Waals surface area contributed by atoms with Crippen molar-refractivity contribution in [1.82, 2.24) is 0 Å². The summed E-state index contributed by atoms with van der Waals surface area (Å²) in [6, 6.07) is 10.5. The van der Waals surface area contributed by atoms with Gasteiger partial charge in [-0.15, -0.1) is 0 Å². The third kappa shape index (κ3) is 2.74. The van der Waals surface area contributed by atoms with Gasteiger partial charge in [0, 0.05) is 5.56 Å². The van der Waals surface area contributed by atoms with Gasteiger partial charge in [-0.05, 0) is 36.0 Å². The molecule has 2 rings (SSSR count). The van der Waals surface area contributed by atoms with Gasteiger partial charge in [0.2, 0.25) is 0 Å². The molecule has 2 aromatic rings. The van der Waals surface area contributed by atoms with E-state index in [2.05, 4.69) is 45.0 Å². The lowest BCUT2D eigenvalue weighted by Gasteiger charge is -2.24. The molecule has 0 aliphatic rings. The van der Waals surface area contributed by atoms with Crippen LogP contribution >= 0.6 is 0 Å². The van der Waals surface area contributed by atoms with E-state index in [1.807, 2.05) is 13.0 Å². The maximum Gasteiger partial charge on any atom is 0.105 e. The van der Waals surface area contributed by atoms with Crippen LogP contribution in [0.3, 0.4) is 0 Å². The average molecular weight is 257 g/mol. The second-order valence-corrected chi connectivity index (χ2v) is 5.77. The topological polar surface area (TPSA) is 39.2 Å². The van der Waals surface area contributed by atoms with E-state index in [1.54, 1.807) is 6.26 Å². The molecule has 1 unspecified atom stereocenters. The maximum atomic E-state index is 6.29. The molecule has 2 nitrogen and oxygen atoms in total. The van der Waals surface area contributed by atoms with E-state index in [4.69, 9.17) is 10.2 Å². The zero-order valence-corrected chi connectivity index (χ0v) is 12.2. The fraction of sp³-hybridized carbons (Fsp3) is 0.412. The largest absolute Gasteiger partial charge is 0.469 e. The lowest BCUT2D eigenvalue weighted by molar-refractivity contribution is 0.506. The number of rotatable bonds is 4. The van der Waals surface area contributed by atoms with Gasteiger partial charge >= 0.3 is 0 Å². The van der Waals surface area contributed by atoms with E-state index in [9.17, 15) is 0 Å². The van der Waals surface area contributed by atoms with Crippen LogP contribution in [-0.2, 0) is 5.41 Å². The van der Waals surface area contributed by atoms with Crippen molar-refractivity contribution in [2.75, 3.05) is 0 Å². The number of furan rings is 1. The Hall–Kier alpha value is -1.54. The van der Waals surface area contributed by atoms with E-state index in [0.29, 0.717) is 0 Å². The van der Waals surface area contributed by atoms with Crippen LogP contribution in [0.2, 0.25) is 0 Å². The summed E-state index contributed by atoms with van der Waals surface area (Å²) in [7, 11) is 0. The summed E-state index contributed by atoms with van der Waals surface area (Å²) in [6.07, 6.45) is 2.82. The van der Waals surface area contributed by atoms with Crippen LogP contribution in [0.1, 0.15) is 55.7 Å². The van der Waals surface area contributed by atoms with Crippen molar-refractivity contribution in [3.8, 4) is 0 Å². The van der Waals surface area contributed by atoms with E-state index in [-0.39, 0.29) is 11.5 Å². The Morgan fingerprint density at radius 1 is 1.16 bits per heavy atom. The highest BCUT2D eigenvalue weighted by atomic mass is 16.3. The van der Waals surface area contributed by atoms with Crippen LogP contribution in [0.5, 0.6) is 0 Å². The highest BCUT2D eigenvalue weighted by Crippen LogP contribution is 2.29. The van der Waals surface area contributed by atoms with Crippen molar-refractivity contribution in [2.24, 2.45) is 5.73 Å². The summed E-state index contributed by atoms with van der Waals surface area (Å²) in [6.45, 7) is 8.70. The van der Waals surface area contributed by atoms with Gasteiger partial charge < -0.3 is 10.2 Å². The minimum absolute atomic E-state index is 0.113. The van der Waals surface area contributed by atoms with Gasteiger partial charge in [-0.2, -0.15) is 0 Å². The Labute approximate surface area is 115 Å². The summed E-state index contributed by atoms with van der Waals surface area (Å²) < 4.78 is 5.32. The van der Waals surface area contributed by atoms with E-state index in [0.717, 1.165) is 23.3 Å². The third-order valence-corrected chi connectivity index (χ3v) is 4.17. The van der Waals surface area contributed by atoms with Gasteiger partial charge in [-0.25, -0.2) is 0 Å². The summed E-state index contributed by atoms with van der Waals surface area (Å²) >= 11 is 0. The van der Waals surface area contributed by atoms with Crippen molar-refractivity contribution < 1.29 is 4.42 Å². The minimum atomic E-state index is -0.113. The zero-order valence-electron chi connectivity index (χ0n) is 12.2. The molecule has 1 aromatic heterocycles. The van der Waals surface area contributed by atoms with Gasteiger partial charge in [0.1, 0.15) is 5.76 Å². The molecule has 0 bridgehead atoms. The molecule has 19 heavy (non-hydrogen) atoms. The van der Waals surface area contributed by atoms with Gasteiger partial charge in [0.15, 0.2) is 0 Å². The normalized spacial score (nSPS) is 13.5. The van der Waals surface area contributed by atoms with E-state index < -0.39 is 0 Å². The fourth-order valence-corrected chi connectivity index (χ4v) is 2.24. The average Bonchev–Trinajstić information content (AvgIpc) is 2.84. The van der Waals surface area contributed by atoms with Crippen LogP contribution in [0.4, 0.5) is 0 Å². The van der Waals surface area contributed by atoms with E-state index in [1.165, 1.54) is 5.56 Å². The molecule has 2 heteroatoms. The molecule has 1 heterocycles. The monoisotopic (exact) mass is 257 g/mol. The van der Waals surface area contributed by atoms with Crippen molar-refractivity contribution in [3.05, 3.63) is 59.0 Å². The number of hydrogen-bond donors (Lipinski definition) is 1. The molecule has 0 radical (unpaired) electrons. The van der Waals surface area contributed by atoms with Crippen molar-refractivity contribution >= 4 is 0 Å². The molecule has 0 saturated heterocycles. The Kier molecular flexibility index (Phi) is 3.81. The van der Waals surface area contributed by atoms with Gasteiger partial charge in [-0.3, -0.25) is 0 Å². The number of nitrogens with two attached hydrogens (primary N) is 1. The maximum absolute atomic E-state index is 6.29. The summed E-state index contributed by atoms with van der Waals surface area (Å²) in [5, 5.41) is 0. The summed E-state index contributed by atoms with van der Waals surface area (Å²) in [5.41, 5.74) is 10.0. The van der Waals surface area contributed by atoms with Crippen molar-refractivity contribution in [3.63, 3.8) is 0 Å². The molecule has 1 atom stereocenters. The summed E-state index contributed by atoms with van der Waals surface area (Å²) in [4.78, 5) is 0. The lowest BCUT2D eigenvalue weighted by Crippen LogP contribution is -2.16. The first-order valence-electron chi connectivity index (χ1n) is 6.85. The van der Waals surface area contributed by atoms with Crippen LogP contribution in [-0.4, -0.2) is 0 Å². The highest BCUT2D eigenvalue weighted by Gasteiger charge is 2.19. The minimum Gasteiger partial charge on any atom is -0.469 e. The number of aryl methyl sites for hydroxylation is 1. The quantitative estimate of drug-likeness (QED) is 0.885. The number of hydrogen-bond acceptors (Lipinski definition) is 2. The van der Waals surface area contributed by atoms with Crippen molar-refractivity contribution in [1.29, 1.82) is 0 Å². The molecular weight excluding hydrogens is 234 g/mol. The summed E-state index contributed by atoms with van der Waals surface area (Å²) in [5.74, 6) is 0.894. The van der Waals surface area contributed by atoms with Gasteiger partial charge in [0.25, 0.3) is 0 Å². The molecule has 102 valence electrons. The molecule has 0 amide bonds. The molecule has 2 N–H and O–H groups in total. The second kappa shape index (κ2) is 5.22. The molecule has 0 aliphatic heterocycles. The smallest absolute Gasteiger partial charge is 0.105 e. The van der Waals surface area contributed by atoms with Crippen LogP contribution in [0.15, 0.2) is 41.0 Å². The first-order chi connectivity index (χ1) is 8.95. The molecular formula is C17H23NO. The Bertz CT molecular complexity index is 537. The molecule has 0 fully saturated rings. The van der Waals surface area contributed by atoms with Crippen LogP contribution in [0, 0.1) is 6.92 Å². The molecule has 1 aromatic carbocycles. The predicted molar refractivity (Wildman–Crippen MR) is 79.2 cm³/mol. The standard InChI is InChI=1S/C17H23NO/c1-5-17(3,4)14-8-6-13(7-9-14)16(18)15-10-11-19-12(15)2/h6-11,16H,5,18H2,1-4H3. The molecule has 0 spiro atoms. The van der Waals surface area contributed by atoms with Crippen LogP contribution < -0.4 is 5.73 Å². The first kappa shape index (κ1) is 13.9. The van der Waals surface area contributed by atoms with Crippen LogP contribution in [0.25, 0.3) is 0 Å². The Morgan fingerprint density at radius 3 is 2.26 bits per heavy atom. The molecule has 0 saturated carbocycles. The molecule has 0 aliphatic carbocycles. The third-order valence-electron chi connectivity index (χ3n) is 4.17.